The first kappa shape index (κ1) is 18.8. The number of nitrogens with zero attached hydrogens (tertiary/aromatic N) is 4. The van der Waals surface area contributed by atoms with E-state index >= 15 is 0 Å². The number of halogens is 1. The number of fused-ring (bicyclic) bond motifs is 1. The molecule has 0 aliphatic carbocycles. The third kappa shape index (κ3) is 4.30. The van der Waals surface area contributed by atoms with E-state index in [1.807, 2.05) is 29.9 Å². The van der Waals surface area contributed by atoms with Crippen LogP contribution >= 0.6 is 11.6 Å². The maximum atomic E-state index is 12.3. The second kappa shape index (κ2) is 8.22. The fourth-order valence-corrected chi connectivity index (χ4v) is 3.87. The zero-order valence-corrected chi connectivity index (χ0v) is 16.7. The van der Waals surface area contributed by atoms with Gasteiger partial charge in [-0.2, -0.15) is 4.98 Å². The molecule has 0 radical (unpaired) electrons. The zero-order valence-electron chi connectivity index (χ0n) is 15.9. The van der Waals surface area contributed by atoms with Crippen molar-refractivity contribution in [1.29, 1.82) is 0 Å². The third-order valence-electron chi connectivity index (χ3n) is 5.19. The van der Waals surface area contributed by atoms with Gasteiger partial charge in [-0.05, 0) is 30.9 Å². The summed E-state index contributed by atoms with van der Waals surface area (Å²) in [6, 6.07) is 6.06. The molecule has 1 unspecified atom stereocenters. The van der Waals surface area contributed by atoms with Crippen LogP contribution in [0.3, 0.4) is 0 Å². The highest BCUT2D eigenvalue weighted by Gasteiger charge is 2.25. The quantitative estimate of drug-likeness (QED) is 0.686. The summed E-state index contributed by atoms with van der Waals surface area (Å²) in [7, 11) is 1.96. The van der Waals surface area contributed by atoms with Gasteiger partial charge in [-0.25, -0.2) is 4.98 Å². The first-order valence-corrected chi connectivity index (χ1v) is 10.0. The molecule has 8 heteroatoms. The van der Waals surface area contributed by atoms with Gasteiger partial charge < -0.3 is 19.2 Å². The lowest BCUT2D eigenvalue weighted by atomic mass is 9.94. The van der Waals surface area contributed by atoms with Gasteiger partial charge in [0.1, 0.15) is 11.3 Å². The SMILES string of the molecule is Cn1ccnc1CCNC(=O)CC1CCCN(c2nc3ccc(Cl)cc3o2)C1. The molecule has 0 spiro atoms. The number of piperidine rings is 1. The zero-order chi connectivity index (χ0) is 19.5. The van der Waals surface area contributed by atoms with E-state index in [1.54, 1.807) is 12.3 Å². The van der Waals surface area contributed by atoms with Crippen molar-refractivity contribution < 1.29 is 9.21 Å². The summed E-state index contributed by atoms with van der Waals surface area (Å²) >= 11 is 6.03. The Kier molecular flexibility index (Phi) is 5.52. The summed E-state index contributed by atoms with van der Waals surface area (Å²) in [6.07, 6.45) is 6.99. The summed E-state index contributed by atoms with van der Waals surface area (Å²) < 4.78 is 7.85. The van der Waals surface area contributed by atoms with Crippen LogP contribution in [0.1, 0.15) is 25.1 Å². The van der Waals surface area contributed by atoms with Crippen LogP contribution < -0.4 is 10.2 Å². The number of aryl methyl sites for hydroxylation is 1. The van der Waals surface area contributed by atoms with Crippen LogP contribution in [0.4, 0.5) is 6.01 Å². The van der Waals surface area contributed by atoms with Crippen LogP contribution in [0, 0.1) is 5.92 Å². The number of amides is 1. The predicted octanol–water partition coefficient (Wildman–Crippen LogP) is 3.18. The first-order valence-electron chi connectivity index (χ1n) is 9.62. The largest absolute Gasteiger partial charge is 0.423 e. The van der Waals surface area contributed by atoms with Crippen LogP contribution in [0.15, 0.2) is 35.0 Å². The van der Waals surface area contributed by atoms with E-state index in [-0.39, 0.29) is 5.91 Å². The molecule has 1 aliphatic rings. The van der Waals surface area contributed by atoms with Crippen LogP contribution in [-0.4, -0.2) is 40.1 Å². The van der Waals surface area contributed by atoms with Gasteiger partial charge in [0.25, 0.3) is 6.01 Å². The molecule has 28 heavy (non-hydrogen) atoms. The van der Waals surface area contributed by atoms with Crippen LogP contribution in [-0.2, 0) is 18.3 Å². The minimum atomic E-state index is 0.0883. The first-order chi connectivity index (χ1) is 13.6. The number of benzene rings is 1. The molecular formula is C20H24ClN5O2. The summed E-state index contributed by atoms with van der Waals surface area (Å²) in [5.41, 5.74) is 1.49. The second-order valence-corrected chi connectivity index (χ2v) is 7.76. The molecule has 4 rings (SSSR count). The Morgan fingerprint density at radius 2 is 2.32 bits per heavy atom. The van der Waals surface area contributed by atoms with E-state index in [2.05, 4.69) is 20.2 Å². The molecule has 3 aromatic rings. The number of hydrogen-bond acceptors (Lipinski definition) is 5. The topological polar surface area (TPSA) is 76.2 Å². The van der Waals surface area contributed by atoms with Crippen molar-refractivity contribution in [3.05, 3.63) is 41.4 Å². The molecule has 2 aromatic heterocycles. The minimum Gasteiger partial charge on any atom is -0.423 e. The lowest BCUT2D eigenvalue weighted by Gasteiger charge is -2.31. The van der Waals surface area contributed by atoms with Crippen molar-refractivity contribution >= 4 is 34.6 Å². The normalized spacial score (nSPS) is 17.2. The number of nitrogens with one attached hydrogen (secondary N) is 1. The predicted molar refractivity (Wildman–Crippen MR) is 108 cm³/mol. The molecule has 1 saturated heterocycles. The molecule has 1 atom stereocenters. The highest BCUT2D eigenvalue weighted by atomic mass is 35.5. The molecule has 3 heterocycles. The maximum Gasteiger partial charge on any atom is 0.298 e. The molecule has 0 saturated carbocycles. The lowest BCUT2D eigenvalue weighted by molar-refractivity contribution is -0.122. The monoisotopic (exact) mass is 401 g/mol. The van der Waals surface area contributed by atoms with E-state index in [4.69, 9.17) is 16.0 Å². The third-order valence-corrected chi connectivity index (χ3v) is 5.43. The molecular weight excluding hydrogens is 378 g/mol. The minimum absolute atomic E-state index is 0.0883. The van der Waals surface area contributed by atoms with Gasteiger partial charge in [-0.15, -0.1) is 0 Å². The van der Waals surface area contributed by atoms with Gasteiger partial charge in [-0.3, -0.25) is 4.79 Å². The van der Waals surface area contributed by atoms with Gasteiger partial charge in [0.2, 0.25) is 5.91 Å². The Balaban J connectivity index is 1.30. The van der Waals surface area contributed by atoms with Gasteiger partial charge in [0.15, 0.2) is 5.58 Å². The molecule has 0 bridgehead atoms. The molecule has 1 N–H and O–H groups in total. The van der Waals surface area contributed by atoms with E-state index in [9.17, 15) is 4.79 Å². The van der Waals surface area contributed by atoms with Gasteiger partial charge >= 0.3 is 0 Å². The standard InChI is InChI=1S/C20H24ClN5O2/c1-25-10-8-22-18(25)6-7-23-19(27)11-14-3-2-9-26(13-14)20-24-16-5-4-15(21)12-17(16)28-20/h4-5,8,10,12,14H,2-3,6-7,9,11,13H2,1H3,(H,23,27). The lowest BCUT2D eigenvalue weighted by Crippen LogP contribution is -2.38. The number of anilines is 1. The van der Waals surface area contributed by atoms with Crippen molar-refractivity contribution in [3.8, 4) is 0 Å². The van der Waals surface area contributed by atoms with Crippen molar-refractivity contribution in [2.75, 3.05) is 24.5 Å². The number of imidazole rings is 1. The van der Waals surface area contributed by atoms with Crippen LogP contribution in [0.2, 0.25) is 5.02 Å². The molecule has 148 valence electrons. The molecule has 1 aromatic carbocycles. The molecule has 1 fully saturated rings. The van der Waals surface area contributed by atoms with E-state index in [0.29, 0.717) is 35.5 Å². The number of hydrogen-bond donors (Lipinski definition) is 1. The van der Waals surface area contributed by atoms with Crippen molar-refractivity contribution in [1.82, 2.24) is 19.9 Å². The Bertz CT molecular complexity index is 967. The summed E-state index contributed by atoms with van der Waals surface area (Å²) in [6.45, 7) is 2.26. The highest BCUT2D eigenvalue weighted by molar-refractivity contribution is 6.31. The number of carbonyl (C=O) groups excluding carboxylic acids is 1. The number of oxazole rings is 1. The van der Waals surface area contributed by atoms with E-state index in [0.717, 1.165) is 43.7 Å². The van der Waals surface area contributed by atoms with Crippen molar-refractivity contribution in [3.63, 3.8) is 0 Å². The molecule has 1 aliphatic heterocycles. The molecule has 1 amide bonds. The number of rotatable bonds is 6. The molecule has 7 nitrogen and oxygen atoms in total. The average molecular weight is 402 g/mol. The Morgan fingerprint density at radius 1 is 1.43 bits per heavy atom. The highest BCUT2D eigenvalue weighted by Crippen LogP contribution is 2.28. The van der Waals surface area contributed by atoms with Crippen molar-refractivity contribution in [2.24, 2.45) is 13.0 Å². The van der Waals surface area contributed by atoms with E-state index < -0.39 is 0 Å². The van der Waals surface area contributed by atoms with Crippen LogP contribution in [0.5, 0.6) is 0 Å². The number of carbonyl (C=O) groups is 1. The van der Waals surface area contributed by atoms with Gasteiger partial charge in [0, 0.05) is 63.0 Å². The Labute approximate surface area is 168 Å². The fraction of sp³-hybridized carbons (Fsp3) is 0.450. The summed E-state index contributed by atoms with van der Waals surface area (Å²) in [5, 5.41) is 3.65. The fourth-order valence-electron chi connectivity index (χ4n) is 3.71. The smallest absolute Gasteiger partial charge is 0.298 e. The second-order valence-electron chi connectivity index (χ2n) is 7.32. The maximum absolute atomic E-state index is 12.3. The number of aromatic nitrogens is 3. The average Bonchev–Trinajstić information content (AvgIpc) is 3.28. The Hall–Kier alpha value is -2.54. The van der Waals surface area contributed by atoms with Crippen molar-refractivity contribution in [2.45, 2.75) is 25.7 Å². The van der Waals surface area contributed by atoms with Gasteiger partial charge in [0.05, 0.1) is 0 Å². The van der Waals surface area contributed by atoms with Crippen LogP contribution in [0.25, 0.3) is 11.1 Å². The Morgan fingerprint density at radius 3 is 3.14 bits per heavy atom. The summed E-state index contributed by atoms with van der Waals surface area (Å²) in [5.74, 6) is 1.35. The van der Waals surface area contributed by atoms with E-state index in [1.165, 1.54) is 0 Å². The summed E-state index contributed by atoms with van der Waals surface area (Å²) in [4.78, 5) is 23.3. The van der Waals surface area contributed by atoms with Gasteiger partial charge in [-0.1, -0.05) is 11.6 Å².